The minimum Gasteiger partial charge on any atom is -0.431 e. The molecular weight excluding hydrogens is 404 g/mol. The highest BCUT2D eigenvalue weighted by Crippen LogP contribution is 2.31. The molecule has 31 heavy (non-hydrogen) atoms. The Hall–Kier alpha value is -2.80. The van der Waals surface area contributed by atoms with Crippen LogP contribution >= 0.6 is 11.3 Å². The van der Waals surface area contributed by atoms with E-state index < -0.39 is 0 Å². The van der Waals surface area contributed by atoms with E-state index >= 15 is 0 Å². The van der Waals surface area contributed by atoms with Gasteiger partial charge in [-0.1, -0.05) is 35.6 Å². The summed E-state index contributed by atoms with van der Waals surface area (Å²) in [6, 6.07) is 20.8. The molecule has 2 aromatic heterocycles. The van der Waals surface area contributed by atoms with Gasteiger partial charge in [0, 0.05) is 51.7 Å². The zero-order valence-corrected chi connectivity index (χ0v) is 18.3. The molecule has 0 spiro atoms. The molecule has 1 aliphatic heterocycles. The van der Waals surface area contributed by atoms with Crippen molar-refractivity contribution in [1.29, 1.82) is 0 Å². The van der Waals surface area contributed by atoms with Crippen LogP contribution in [0.25, 0.3) is 10.2 Å². The minimum atomic E-state index is 0.693. The average Bonchev–Trinajstić information content (AvgIpc) is 3.23. The lowest BCUT2D eigenvalue weighted by atomic mass is 10.1. The summed E-state index contributed by atoms with van der Waals surface area (Å²) in [6.45, 7) is 6.62. The Labute approximate surface area is 186 Å². The van der Waals surface area contributed by atoms with Gasteiger partial charge in [-0.3, -0.25) is 9.88 Å². The molecule has 6 heteroatoms. The van der Waals surface area contributed by atoms with Gasteiger partial charge >= 0.3 is 0 Å². The van der Waals surface area contributed by atoms with Gasteiger partial charge in [-0.2, -0.15) is 0 Å². The predicted octanol–water partition coefficient (Wildman–Crippen LogP) is 4.84. The maximum absolute atomic E-state index is 5.96. The first-order valence-corrected chi connectivity index (χ1v) is 11.6. The summed E-state index contributed by atoms with van der Waals surface area (Å²) in [5.41, 5.74) is 3.67. The molecule has 0 radical (unpaired) electrons. The molecule has 1 saturated heterocycles. The fraction of sp³-hybridized carbons (Fsp3) is 0.280. The van der Waals surface area contributed by atoms with Gasteiger partial charge in [-0.15, -0.1) is 0 Å². The number of fused-ring (bicyclic) bond motifs is 1. The number of nitrogens with zero attached hydrogens (tertiary/aromatic N) is 4. The maximum Gasteiger partial charge on any atom is 0.279 e. The van der Waals surface area contributed by atoms with E-state index in [0.29, 0.717) is 5.19 Å². The minimum absolute atomic E-state index is 0.693. The topological polar surface area (TPSA) is 41.5 Å². The number of hydrogen-bond donors (Lipinski definition) is 0. The molecule has 158 valence electrons. The fourth-order valence-corrected chi connectivity index (χ4v) is 4.76. The molecule has 5 rings (SSSR count). The number of aromatic nitrogens is 2. The monoisotopic (exact) mass is 430 g/mol. The Morgan fingerprint density at radius 3 is 2.32 bits per heavy atom. The first-order valence-electron chi connectivity index (χ1n) is 10.8. The van der Waals surface area contributed by atoms with Crippen LogP contribution in [-0.4, -0.2) is 52.5 Å². The van der Waals surface area contributed by atoms with Crippen LogP contribution in [0.15, 0.2) is 73.1 Å². The van der Waals surface area contributed by atoms with E-state index in [1.807, 2.05) is 42.7 Å². The number of pyridine rings is 1. The summed E-state index contributed by atoms with van der Waals surface area (Å²) in [4.78, 5) is 13.7. The molecular formula is C25H26N4OS. The Balaban J connectivity index is 1.08. The Morgan fingerprint density at radius 2 is 1.55 bits per heavy atom. The van der Waals surface area contributed by atoms with Gasteiger partial charge in [0.05, 0.1) is 10.2 Å². The molecule has 0 amide bonds. The lowest BCUT2D eigenvalue weighted by molar-refractivity contribution is 0.128. The SMILES string of the molecule is c1ccc2sc(Oc3ccc(CCN4CCN(Cc5ccncc5)CC4)cc3)nc2c1. The maximum atomic E-state index is 5.96. The highest BCUT2D eigenvalue weighted by molar-refractivity contribution is 7.20. The summed E-state index contributed by atoms with van der Waals surface area (Å²) < 4.78 is 7.11. The number of rotatable bonds is 7. The molecule has 0 bridgehead atoms. The summed E-state index contributed by atoms with van der Waals surface area (Å²) in [5.74, 6) is 0.840. The first kappa shape index (κ1) is 20.1. The Bertz CT molecular complexity index is 1070. The van der Waals surface area contributed by atoms with Crippen molar-refractivity contribution in [3.63, 3.8) is 0 Å². The van der Waals surface area contributed by atoms with Crippen molar-refractivity contribution in [3.8, 4) is 10.9 Å². The van der Waals surface area contributed by atoms with Crippen molar-refractivity contribution in [1.82, 2.24) is 19.8 Å². The lowest BCUT2D eigenvalue weighted by Gasteiger charge is -2.34. The van der Waals surface area contributed by atoms with Crippen molar-refractivity contribution >= 4 is 21.6 Å². The molecule has 4 aromatic rings. The van der Waals surface area contributed by atoms with Crippen molar-refractivity contribution in [2.75, 3.05) is 32.7 Å². The van der Waals surface area contributed by atoms with E-state index in [-0.39, 0.29) is 0 Å². The molecule has 5 nitrogen and oxygen atoms in total. The second kappa shape index (κ2) is 9.56. The lowest BCUT2D eigenvalue weighted by Crippen LogP contribution is -2.46. The number of piperazine rings is 1. The van der Waals surface area contributed by atoms with Gasteiger partial charge in [-0.25, -0.2) is 4.98 Å². The van der Waals surface area contributed by atoms with Crippen LogP contribution < -0.4 is 4.74 Å². The molecule has 0 saturated carbocycles. The van der Waals surface area contributed by atoms with E-state index in [0.717, 1.165) is 61.7 Å². The molecule has 3 heterocycles. The highest BCUT2D eigenvalue weighted by atomic mass is 32.1. The molecule has 0 aliphatic carbocycles. The first-order chi connectivity index (χ1) is 15.3. The summed E-state index contributed by atoms with van der Waals surface area (Å²) in [6.07, 6.45) is 4.81. The molecule has 0 N–H and O–H groups in total. The number of hydrogen-bond acceptors (Lipinski definition) is 6. The highest BCUT2D eigenvalue weighted by Gasteiger charge is 2.16. The quantitative estimate of drug-likeness (QED) is 0.419. The summed E-state index contributed by atoms with van der Waals surface area (Å²) in [5, 5.41) is 0.693. The van der Waals surface area contributed by atoms with Gasteiger partial charge in [0.25, 0.3) is 5.19 Å². The molecule has 0 atom stereocenters. The third-order valence-corrected chi connectivity index (χ3v) is 6.65. The standard InChI is InChI=1S/C25H26N4OS/c1-2-4-24-23(3-1)27-25(31-24)30-22-7-5-20(6-8-22)11-14-28-15-17-29(18-16-28)19-21-9-12-26-13-10-21/h1-10,12-13H,11,14-19H2. The number of thiazole rings is 1. The summed E-state index contributed by atoms with van der Waals surface area (Å²) in [7, 11) is 0. The van der Waals surface area contributed by atoms with Crippen molar-refractivity contribution in [2.45, 2.75) is 13.0 Å². The van der Waals surface area contributed by atoms with Crippen LogP contribution in [0.5, 0.6) is 10.9 Å². The van der Waals surface area contributed by atoms with E-state index in [9.17, 15) is 0 Å². The predicted molar refractivity (Wildman–Crippen MR) is 126 cm³/mol. The van der Waals surface area contributed by atoms with Gasteiger partial charge in [0.1, 0.15) is 5.75 Å². The zero-order valence-electron chi connectivity index (χ0n) is 17.5. The van der Waals surface area contributed by atoms with Gasteiger partial charge < -0.3 is 9.64 Å². The number of para-hydroxylation sites is 1. The van der Waals surface area contributed by atoms with Gasteiger partial charge in [0.15, 0.2) is 0 Å². The van der Waals surface area contributed by atoms with Crippen LogP contribution in [-0.2, 0) is 13.0 Å². The van der Waals surface area contributed by atoms with Crippen LogP contribution in [0.1, 0.15) is 11.1 Å². The Kier molecular flexibility index (Phi) is 6.20. The average molecular weight is 431 g/mol. The van der Waals surface area contributed by atoms with Crippen LogP contribution in [0.4, 0.5) is 0 Å². The van der Waals surface area contributed by atoms with Crippen molar-refractivity contribution in [2.24, 2.45) is 0 Å². The van der Waals surface area contributed by atoms with E-state index in [1.165, 1.54) is 11.1 Å². The van der Waals surface area contributed by atoms with Crippen molar-refractivity contribution in [3.05, 3.63) is 84.2 Å². The van der Waals surface area contributed by atoms with Crippen LogP contribution in [0, 0.1) is 0 Å². The summed E-state index contributed by atoms with van der Waals surface area (Å²) >= 11 is 1.58. The molecule has 1 fully saturated rings. The fourth-order valence-electron chi connectivity index (χ4n) is 3.92. The number of benzene rings is 2. The second-order valence-corrected chi connectivity index (χ2v) is 8.91. The Morgan fingerprint density at radius 1 is 0.806 bits per heavy atom. The van der Waals surface area contributed by atoms with E-state index in [1.54, 1.807) is 11.3 Å². The molecule has 1 aliphatic rings. The third kappa shape index (κ3) is 5.28. The van der Waals surface area contributed by atoms with Crippen LogP contribution in [0.2, 0.25) is 0 Å². The number of ether oxygens (including phenoxy) is 1. The van der Waals surface area contributed by atoms with Crippen LogP contribution in [0.3, 0.4) is 0 Å². The normalized spacial score (nSPS) is 15.4. The van der Waals surface area contributed by atoms with E-state index in [2.05, 4.69) is 50.1 Å². The van der Waals surface area contributed by atoms with Gasteiger partial charge in [0.2, 0.25) is 0 Å². The third-order valence-electron chi connectivity index (χ3n) is 5.74. The van der Waals surface area contributed by atoms with E-state index in [4.69, 9.17) is 4.74 Å². The molecule has 0 unspecified atom stereocenters. The van der Waals surface area contributed by atoms with Crippen molar-refractivity contribution < 1.29 is 4.74 Å². The molecule has 2 aromatic carbocycles. The smallest absolute Gasteiger partial charge is 0.279 e. The van der Waals surface area contributed by atoms with Gasteiger partial charge in [-0.05, 0) is 53.9 Å². The largest absolute Gasteiger partial charge is 0.431 e. The second-order valence-electron chi connectivity index (χ2n) is 7.92. The zero-order chi connectivity index (χ0) is 20.9.